The van der Waals surface area contributed by atoms with E-state index in [4.69, 9.17) is 9.84 Å². The molecule has 0 radical (unpaired) electrons. The number of allylic oxidation sites excluding steroid dienone is 1. The lowest BCUT2D eigenvalue weighted by Gasteiger charge is -2.26. The molecular weight excluding hydrogens is 192 g/mol. The van der Waals surface area contributed by atoms with Crippen molar-refractivity contribution in [3.8, 4) is 0 Å². The highest BCUT2D eigenvalue weighted by molar-refractivity contribution is 5.85. The van der Waals surface area contributed by atoms with Gasteiger partial charge in [-0.25, -0.2) is 4.79 Å². The van der Waals surface area contributed by atoms with Gasteiger partial charge in [-0.2, -0.15) is 0 Å². The molecule has 0 aromatic rings. The van der Waals surface area contributed by atoms with Crippen molar-refractivity contribution in [2.24, 2.45) is 5.92 Å². The van der Waals surface area contributed by atoms with E-state index >= 15 is 0 Å². The zero-order chi connectivity index (χ0) is 11.3. The maximum atomic E-state index is 10.6. The third kappa shape index (κ3) is 4.04. The van der Waals surface area contributed by atoms with E-state index < -0.39 is 5.97 Å². The monoisotopic (exact) mass is 212 g/mol. The molecule has 0 aromatic heterocycles. The molecule has 15 heavy (non-hydrogen) atoms. The molecule has 0 saturated heterocycles. The quantitative estimate of drug-likeness (QED) is 0.729. The minimum absolute atomic E-state index is 0.422. The first kappa shape index (κ1) is 12.2. The molecule has 1 aliphatic carbocycles. The Morgan fingerprint density at radius 1 is 1.40 bits per heavy atom. The van der Waals surface area contributed by atoms with E-state index in [1.54, 1.807) is 14.0 Å². The summed E-state index contributed by atoms with van der Waals surface area (Å²) >= 11 is 0. The van der Waals surface area contributed by atoms with Gasteiger partial charge < -0.3 is 9.84 Å². The van der Waals surface area contributed by atoms with Crippen LogP contribution in [0.2, 0.25) is 0 Å². The van der Waals surface area contributed by atoms with Gasteiger partial charge in [0.2, 0.25) is 0 Å². The van der Waals surface area contributed by atoms with Gasteiger partial charge >= 0.3 is 5.97 Å². The number of aliphatic carboxylic acids is 1. The molecule has 1 fully saturated rings. The van der Waals surface area contributed by atoms with Crippen molar-refractivity contribution in [2.45, 2.75) is 45.1 Å². The van der Waals surface area contributed by atoms with E-state index in [2.05, 4.69) is 0 Å². The van der Waals surface area contributed by atoms with Gasteiger partial charge in [0.1, 0.15) is 0 Å². The van der Waals surface area contributed by atoms with Crippen LogP contribution in [0.25, 0.3) is 0 Å². The average Bonchev–Trinajstić information content (AvgIpc) is 2.26. The fourth-order valence-electron chi connectivity index (χ4n) is 2.03. The highest BCUT2D eigenvalue weighted by Gasteiger charge is 2.19. The molecule has 3 nitrogen and oxygen atoms in total. The Labute approximate surface area is 91.1 Å². The molecule has 0 spiro atoms. The molecular formula is C12H20O3. The van der Waals surface area contributed by atoms with Gasteiger partial charge in [-0.3, -0.25) is 0 Å². The Kier molecular flexibility index (Phi) is 4.82. The number of ether oxygens (including phenoxy) is 1. The first-order chi connectivity index (χ1) is 7.13. The van der Waals surface area contributed by atoms with E-state index in [9.17, 15) is 4.79 Å². The standard InChI is InChI=1S/C12H20O3/c1-9(12(13)14)3-4-10-5-7-11(15-2)8-6-10/h3,10-11H,4-8H2,1-2H3,(H,13,14). The van der Waals surface area contributed by atoms with Crippen molar-refractivity contribution in [1.29, 1.82) is 0 Å². The molecule has 86 valence electrons. The number of carboxylic acids is 1. The molecule has 0 aliphatic heterocycles. The molecule has 1 rings (SSSR count). The Bertz CT molecular complexity index is 237. The second kappa shape index (κ2) is 5.91. The van der Waals surface area contributed by atoms with Crippen molar-refractivity contribution in [3.63, 3.8) is 0 Å². The van der Waals surface area contributed by atoms with Gasteiger partial charge in [0.25, 0.3) is 0 Å². The van der Waals surface area contributed by atoms with Crippen LogP contribution in [0.5, 0.6) is 0 Å². The summed E-state index contributed by atoms with van der Waals surface area (Å²) in [7, 11) is 1.76. The lowest BCUT2D eigenvalue weighted by molar-refractivity contribution is -0.132. The lowest BCUT2D eigenvalue weighted by atomic mass is 9.85. The van der Waals surface area contributed by atoms with Crippen LogP contribution in [0.1, 0.15) is 39.0 Å². The highest BCUT2D eigenvalue weighted by Crippen LogP contribution is 2.28. The van der Waals surface area contributed by atoms with Crippen LogP contribution >= 0.6 is 0 Å². The van der Waals surface area contributed by atoms with E-state index in [0.717, 1.165) is 32.1 Å². The van der Waals surface area contributed by atoms with Crippen molar-refractivity contribution < 1.29 is 14.6 Å². The van der Waals surface area contributed by atoms with Gasteiger partial charge in [-0.1, -0.05) is 6.08 Å². The normalized spacial score (nSPS) is 27.7. The SMILES string of the molecule is COC1CCC(CC=C(C)C(=O)O)CC1. The largest absolute Gasteiger partial charge is 0.478 e. The lowest BCUT2D eigenvalue weighted by Crippen LogP contribution is -2.20. The summed E-state index contributed by atoms with van der Waals surface area (Å²) in [6.45, 7) is 1.66. The topological polar surface area (TPSA) is 46.5 Å². The molecule has 1 aliphatic rings. The fourth-order valence-corrected chi connectivity index (χ4v) is 2.03. The third-order valence-corrected chi connectivity index (χ3v) is 3.22. The Morgan fingerprint density at radius 3 is 2.47 bits per heavy atom. The van der Waals surface area contributed by atoms with Gasteiger partial charge in [0.15, 0.2) is 0 Å². The summed E-state index contributed by atoms with van der Waals surface area (Å²) in [5, 5.41) is 8.70. The van der Waals surface area contributed by atoms with Crippen molar-refractivity contribution >= 4 is 5.97 Å². The van der Waals surface area contributed by atoms with E-state index in [1.807, 2.05) is 6.08 Å². The van der Waals surface area contributed by atoms with Crippen molar-refractivity contribution in [3.05, 3.63) is 11.6 Å². The second-order valence-corrected chi connectivity index (χ2v) is 4.31. The number of hydrogen-bond acceptors (Lipinski definition) is 2. The zero-order valence-corrected chi connectivity index (χ0v) is 9.53. The number of hydrogen-bond donors (Lipinski definition) is 1. The van der Waals surface area contributed by atoms with E-state index in [1.165, 1.54) is 0 Å². The maximum Gasteiger partial charge on any atom is 0.330 e. The second-order valence-electron chi connectivity index (χ2n) is 4.31. The van der Waals surface area contributed by atoms with Gasteiger partial charge in [0, 0.05) is 12.7 Å². The summed E-state index contributed by atoms with van der Waals surface area (Å²) in [6, 6.07) is 0. The van der Waals surface area contributed by atoms with Crippen molar-refractivity contribution in [2.75, 3.05) is 7.11 Å². The summed E-state index contributed by atoms with van der Waals surface area (Å²) in [6.07, 6.45) is 7.70. The van der Waals surface area contributed by atoms with Crippen molar-refractivity contribution in [1.82, 2.24) is 0 Å². The average molecular weight is 212 g/mol. The first-order valence-corrected chi connectivity index (χ1v) is 5.56. The van der Waals surface area contributed by atoms with Gasteiger partial charge in [-0.15, -0.1) is 0 Å². The maximum absolute atomic E-state index is 10.6. The van der Waals surface area contributed by atoms with Gasteiger partial charge in [-0.05, 0) is 44.9 Å². The van der Waals surface area contributed by atoms with E-state index in [-0.39, 0.29) is 0 Å². The van der Waals surface area contributed by atoms with Crippen LogP contribution in [0, 0.1) is 5.92 Å². The van der Waals surface area contributed by atoms with Crippen LogP contribution in [0.4, 0.5) is 0 Å². The highest BCUT2D eigenvalue weighted by atomic mass is 16.5. The molecule has 0 amide bonds. The van der Waals surface area contributed by atoms with Crippen LogP contribution in [-0.2, 0) is 9.53 Å². The number of rotatable bonds is 4. The molecule has 0 bridgehead atoms. The van der Waals surface area contributed by atoms with Gasteiger partial charge in [0.05, 0.1) is 6.10 Å². The Balaban J connectivity index is 2.30. The predicted molar refractivity (Wildman–Crippen MR) is 58.8 cm³/mol. The summed E-state index contributed by atoms with van der Waals surface area (Å²) in [5.41, 5.74) is 0.462. The van der Waals surface area contributed by atoms with Crippen LogP contribution in [0.3, 0.4) is 0 Å². The summed E-state index contributed by atoms with van der Waals surface area (Å²) in [5.74, 6) is -0.161. The Morgan fingerprint density at radius 2 is 2.00 bits per heavy atom. The Hall–Kier alpha value is -0.830. The fraction of sp³-hybridized carbons (Fsp3) is 0.750. The minimum atomic E-state index is -0.805. The third-order valence-electron chi connectivity index (χ3n) is 3.22. The molecule has 0 atom stereocenters. The zero-order valence-electron chi connectivity index (χ0n) is 9.53. The first-order valence-electron chi connectivity index (χ1n) is 5.56. The molecule has 0 heterocycles. The molecule has 3 heteroatoms. The molecule has 0 aromatic carbocycles. The van der Waals surface area contributed by atoms with Crippen LogP contribution < -0.4 is 0 Å². The number of methoxy groups -OCH3 is 1. The summed E-state index contributed by atoms with van der Waals surface area (Å²) in [4.78, 5) is 10.6. The number of carbonyl (C=O) groups is 1. The molecule has 1 saturated carbocycles. The van der Waals surface area contributed by atoms with Crippen LogP contribution in [-0.4, -0.2) is 24.3 Å². The number of carboxylic acid groups (broad SMARTS) is 1. The summed E-state index contributed by atoms with van der Waals surface area (Å²) < 4.78 is 5.29. The van der Waals surface area contributed by atoms with E-state index in [0.29, 0.717) is 17.6 Å². The minimum Gasteiger partial charge on any atom is -0.478 e. The predicted octanol–water partition coefficient (Wildman–Crippen LogP) is 2.61. The molecule has 0 unspecified atom stereocenters. The van der Waals surface area contributed by atoms with Crippen LogP contribution in [0.15, 0.2) is 11.6 Å². The molecule has 1 N–H and O–H groups in total. The smallest absolute Gasteiger partial charge is 0.330 e.